The molecule has 0 amide bonds. The van der Waals surface area contributed by atoms with Crippen LogP contribution in [0.4, 0.5) is 0 Å². The predicted octanol–water partition coefficient (Wildman–Crippen LogP) is 5.01. The third-order valence-electron chi connectivity index (χ3n) is 5.54. The molecule has 0 spiro atoms. The first-order valence-corrected chi connectivity index (χ1v) is 10.7. The normalized spacial score (nSPS) is 17.7. The first-order chi connectivity index (χ1) is 14.9. The number of aliphatic carboxylic acids is 1. The third-order valence-corrected chi connectivity index (χ3v) is 6.90. The molecule has 6 nitrogen and oxygen atoms in total. The summed E-state index contributed by atoms with van der Waals surface area (Å²) in [5.41, 5.74) is 2.38. The number of carboxylic acids is 1. The van der Waals surface area contributed by atoms with Crippen LogP contribution >= 0.6 is 11.3 Å². The summed E-state index contributed by atoms with van der Waals surface area (Å²) in [4.78, 5) is 19.3. The molecule has 1 unspecified atom stereocenters. The Kier molecular flexibility index (Phi) is 5.69. The van der Waals surface area contributed by atoms with Gasteiger partial charge in [-0.25, -0.2) is 4.98 Å². The molecule has 0 fully saturated rings. The second-order valence-corrected chi connectivity index (χ2v) is 8.54. The van der Waals surface area contributed by atoms with E-state index in [2.05, 4.69) is 0 Å². The Morgan fingerprint density at radius 3 is 2.19 bits per heavy atom. The van der Waals surface area contributed by atoms with E-state index in [-0.39, 0.29) is 6.54 Å². The fourth-order valence-corrected chi connectivity index (χ4v) is 4.97. The summed E-state index contributed by atoms with van der Waals surface area (Å²) in [6.07, 6.45) is 4.57. The quantitative estimate of drug-likeness (QED) is 0.561. The Bertz CT molecular complexity index is 1040. The number of aromatic nitrogens is 1. The highest BCUT2D eigenvalue weighted by Gasteiger charge is 2.39. The Hall–Kier alpha value is -3.32. The van der Waals surface area contributed by atoms with E-state index in [0.717, 1.165) is 38.2 Å². The smallest absolute Gasteiger partial charge is 0.323 e. The zero-order chi connectivity index (χ0) is 22.0. The minimum absolute atomic E-state index is 0.0671. The molecule has 2 aromatic carbocycles. The lowest BCUT2D eigenvalue weighted by molar-refractivity contribution is -0.138. The Morgan fingerprint density at radius 2 is 1.65 bits per heavy atom. The summed E-state index contributed by atoms with van der Waals surface area (Å²) in [5, 5.41) is 10.2. The van der Waals surface area contributed by atoms with Gasteiger partial charge in [0.15, 0.2) is 0 Å². The molecular weight excluding hydrogens is 412 g/mol. The van der Waals surface area contributed by atoms with Crippen molar-refractivity contribution in [1.82, 2.24) is 9.88 Å². The van der Waals surface area contributed by atoms with E-state index in [1.165, 1.54) is 0 Å². The number of hydrogen-bond donors (Lipinski definition) is 1. The van der Waals surface area contributed by atoms with Crippen molar-refractivity contribution >= 4 is 17.3 Å². The van der Waals surface area contributed by atoms with Crippen LogP contribution in [0.2, 0.25) is 0 Å². The first kappa shape index (κ1) is 20.9. The van der Waals surface area contributed by atoms with Crippen molar-refractivity contribution in [3.05, 3.63) is 65.8 Å². The molecule has 2 heterocycles. The zero-order valence-electron chi connectivity index (χ0n) is 17.7. The van der Waals surface area contributed by atoms with Gasteiger partial charge in [-0.1, -0.05) is 6.08 Å². The minimum atomic E-state index is -0.861. The van der Waals surface area contributed by atoms with Crippen molar-refractivity contribution in [2.45, 2.75) is 18.9 Å². The first-order valence-electron chi connectivity index (χ1n) is 9.90. The Labute approximate surface area is 185 Å². The fraction of sp³-hybridized carbons (Fsp3) is 0.250. The van der Waals surface area contributed by atoms with Gasteiger partial charge in [0.05, 0.1) is 30.3 Å². The SMILES string of the molecule is COc1ccc(-c2nc(C3(C)CC=CN3CC(=O)O)sc2-c2ccc(OC)cc2)cc1. The van der Waals surface area contributed by atoms with Gasteiger partial charge in [0.25, 0.3) is 0 Å². The van der Waals surface area contributed by atoms with Crippen LogP contribution in [-0.4, -0.2) is 41.7 Å². The molecule has 1 aliphatic heterocycles. The maximum atomic E-state index is 11.4. The molecule has 31 heavy (non-hydrogen) atoms. The molecule has 7 heteroatoms. The lowest BCUT2D eigenvalue weighted by Crippen LogP contribution is -2.39. The van der Waals surface area contributed by atoms with Crippen LogP contribution in [0.15, 0.2) is 60.8 Å². The second kappa shape index (κ2) is 8.43. The minimum Gasteiger partial charge on any atom is -0.497 e. The number of nitrogens with zero attached hydrogens (tertiary/aromatic N) is 2. The fourth-order valence-electron chi connectivity index (χ4n) is 3.71. The molecule has 0 aliphatic carbocycles. The van der Waals surface area contributed by atoms with Crippen LogP contribution < -0.4 is 9.47 Å². The van der Waals surface area contributed by atoms with Crippen LogP contribution in [0.1, 0.15) is 18.4 Å². The largest absolute Gasteiger partial charge is 0.497 e. The number of rotatable bonds is 7. The number of methoxy groups -OCH3 is 2. The van der Waals surface area contributed by atoms with E-state index < -0.39 is 11.5 Å². The molecule has 1 N–H and O–H groups in total. The number of benzene rings is 2. The Balaban J connectivity index is 1.82. The predicted molar refractivity (Wildman–Crippen MR) is 122 cm³/mol. The maximum Gasteiger partial charge on any atom is 0.323 e. The maximum absolute atomic E-state index is 11.4. The summed E-state index contributed by atoms with van der Waals surface area (Å²) in [7, 11) is 3.29. The van der Waals surface area contributed by atoms with Gasteiger partial charge in [0.2, 0.25) is 0 Å². The van der Waals surface area contributed by atoms with Gasteiger partial charge in [0.1, 0.15) is 23.1 Å². The summed E-state index contributed by atoms with van der Waals surface area (Å²) >= 11 is 1.60. The molecule has 1 atom stereocenters. The van der Waals surface area contributed by atoms with Gasteiger partial charge >= 0.3 is 5.97 Å². The van der Waals surface area contributed by atoms with Gasteiger partial charge in [-0.15, -0.1) is 11.3 Å². The molecule has 3 aromatic rings. The van der Waals surface area contributed by atoms with Crippen molar-refractivity contribution in [2.75, 3.05) is 20.8 Å². The van der Waals surface area contributed by atoms with E-state index in [1.807, 2.05) is 72.6 Å². The summed E-state index contributed by atoms with van der Waals surface area (Å²) in [5.74, 6) is 0.712. The highest BCUT2D eigenvalue weighted by Crippen LogP contribution is 2.45. The molecule has 1 aliphatic rings. The number of thiazole rings is 1. The lowest BCUT2D eigenvalue weighted by Gasteiger charge is -2.33. The van der Waals surface area contributed by atoms with E-state index >= 15 is 0 Å². The van der Waals surface area contributed by atoms with Gasteiger partial charge in [-0.2, -0.15) is 0 Å². The summed E-state index contributed by atoms with van der Waals surface area (Å²) < 4.78 is 10.6. The van der Waals surface area contributed by atoms with Crippen molar-refractivity contribution in [3.8, 4) is 33.2 Å². The Morgan fingerprint density at radius 1 is 1.06 bits per heavy atom. The summed E-state index contributed by atoms with van der Waals surface area (Å²) in [6, 6.07) is 15.7. The number of carboxylic acid groups (broad SMARTS) is 1. The van der Waals surface area contributed by atoms with E-state index in [1.54, 1.807) is 25.6 Å². The number of ether oxygens (including phenoxy) is 2. The monoisotopic (exact) mass is 436 g/mol. The van der Waals surface area contributed by atoms with E-state index in [9.17, 15) is 9.90 Å². The molecule has 0 radical (unpaired) electrons. The number of carbonyl (C=O) groups is 1. The highest BCUT2D eigenvalue weighted by atomic mass is 32.1. The molecule has 0 saturated carbocycles. The number of hydrogen-bond acceptors (Lipinski definition) is 6. The molecule has 0 bridgehead atoms. The van der Waals surface area contributed by atoms with Crippen LogP contribution in [0.5, 0.6) is 11.5 Å². The van der Waals surface area contributed by atoms with Crippen molar-refractivity contribution in [1.29, 1.82) is 0 Å². The molecule has 4 rings (SSSR count). The van der Waals surface area contributed by atoms with E-state index in [4.69, 9.17) is 14.5 Å². The van der Waals surface area contributed by atoms with Crippen LogP contribution in [0.3, 0.4) is 0 Å². The average molecular weight is 437 g/mol. The van der Waals surface area contributed by atoms with Crippen molar-refractivity contribution < 1.29 is 19.4 Å². The highest BCUT2D eigenvalue weighted by molar-refractivity contribution is 7.15. The van der Waals surface area contributed by atoms with Gasteiger partial charge in [0, 0.05) is 5.56 Å². The zero-order valence-corrected chi connectivity index (χ0v) is 18.5. The van der Waals surface area contributed by atoms with Crippen LogP contribution in [-0.2, 0) is 10.3 Å². The standard InChI is InChI=1S/C24H24N2O4S/c1-24(13-4-14-26(24)15-20(27)28)23-25-21(16-5-9-18(29-2)10-6-16)22(31-23)17-7-11-19(30-3)12-8-17/h4-12,14H,13,15H2,1-3H3,(H,27,28). The third kappa shape index (κ3) is 4.01. The topological polar surface area (TPSA) is 71.9 Å². The van der Waals surface area contributed by atoms with Crippen molar-refractivity contribution in [2.24, 2.45) is 0 Å². The van der Waals surface area contributed by atoms with Crippen LogP contribution in [0, 0.1) is 0 Å². The van der Waals surface area contributed by atoms with Crippen molar-refractivity contribution in [3.63, 3.8) is 0 Å². The molecular formula is C24H24N2O4S. The molecule has 0 saturated heterocycles. The molecule has 1 aromatic heterocycles. The van der Waals surface area contributed by atoms with E-state index in [0.29, 0.717) is 6.42 Å². The second-order valence-electron chi connectivity index (χ2n) is 7.54. The average Bonchev–Trinajstić information content (AvgIpc) is 3.39. The summed E-state index contributed by atoms with van der Waals surface area (Å²) in [6.45, 7) is 1.98. The van der Waals surface area contributed by atoms with Crippen LogP contribution in [0.25, 0.3) is 21.7 Å². The lowest BCUT2D eigenvalue weighted by atomic mass is 9.99. The molecule has 160 valence electrons. The van der Waals surface area contributed by atoms with Gasteiger partial charge in [-0.3, -0.25) is 4.79 Å². The van der Waals surface area contributed by atoms with Gasteiger partial charge < -0.3 is 19.5 Å². The van der Waals surface area contributed by atoms with Gasteiger partial charge in [-0.05, 0) is 73.6 Å².